The Labute approximate surface area is 73.9 Å². The lowest BCUT2D eigenvalue weighted by Gasteiger charge is -2.44. The summed E-state index contributed by atoms with van der Waals surface area (Å²) in [5.74, 6) is 0.473. The Balaban J connectivity index is 2.13. The van der Waals surface area contributed by atoms with Gasteiger partial charge >= 0.3 is 0 Å². The van der Waals surface area contributed by atoms with Gasteiger partial charge in [0.25, 0.3) is 0 Å². The zero-order valence-electron chi connectivity index (χ0n) is 7.66. The monoisotopic (exact) mass is 167 g/mol. The molecule has 68 valence electrons. The molecule has 0 bridgehead atoms. The van der Waals surface area contributed by atoms with E-state index < -0.39 is 0 Å². The molecular weight excluding hydrogens is 150 g/mol. The van der Waals surface area contributed by atoms with Gasteiger partial charge in [0.05, 0.1) is 5.60 Å². The molecule has 2 rings (SSSR count). The lowest BCUT2D eigenvalue weighted by atomic mass is 9.74. The van der Waals surface area contributed by atoms with Gasteiger partial charge < -0.3 is 10.0 Å². The number of hydrogen-bond acceptors (Lipinski definition) is 2. The number of likely N-dealkylation sites (tertiary alicyclic amines) is 1. The van der Waals surface area contributed by atoms with Gasteiger partial charge in [-0.25, -0.2) is 0 Å². The standard InChI is InChI=1S/C10H17NO/c1-11-7-6-10(12)5-3-2-4-9(10)8-11/h2-3,9,12H,4-8H2,1H3. The average molecular weight is 167 g/mol. The molecule has 2 unspecified atom stereocenters. The summed E-state index contributed by atoms with van der Waals surface area (Å²) in [7, 11) is 2.14. The lowest BCUT2D eigenvalue weighted by molar-refractivity contribution is -0.0673. The average Bonchev–Trinajstić information content (AvgIpc) is 2.06. The highest BCUT2D eigenvalue weighted by Crippen LogP contribution is 2.36. The van der Waals surface area contributed by atoms with E-state index in [1.165, 1.54) is 0 Å². The fourth-order valence-corrected chi connectivity index (χ4v) is 2.34. The van der Waals surface area contributed by atoms with Crippen molar-refractivity contribution in [3.05, 3.63) is 12.2 Å². The third-order valence-electron chi connectivity index (χ3n) is 3.28. The molecule has 0 radical (unpaired) electrons. The van der Waals surface area contributed by atoms with Crippen molar-refractivity contribution in [3.63, 3.8) is 0 Å². The van der Waals surface area contributed by atoms with Crippen LogP contribution in [0.5, 0.6) is 0 Å². The van der Waals surface area contributed by atoms with Crippen LogP contribution in [0.15, 0.2) is 12.2 Å². The zero-order valence-corrected chi connectivity index (χ0v) is 7.66. The molecule has 1 heterocycles. The summed E-state index contributed by atoms with van der Waals surface area (Å²) in [6, 6.07) is 0. The third kappa shape index (κ3) is 1.29. The van der Waals surface area contributed by atoms with Crippen molar-refractivity contribution in [1.29, 1.82) is 0 Å². The molecule has 0 aromatic heterocycles. The maximum atomic E-state index is 10.2. The first kappa shape index (κ1) is 8.27. The molecule has 12 heavy (non-hydrogen) atoms. The Morgan fingerprint density at radius 3 is 3.17 bits per heavy atom. The Morgan fingerprint density at radius 2 is 2.33 bits per heavy atom. The second-order valence-electron chi connectivity index (χ2n) is 4.22. The van der Waals surface area contributed by atoms with Gasteiger partial charge in [-0.15, -0.1) is 0 Å². The van der Waals surface area contributed by atoms with Crippen molar-refractivity contribution >= 4 is 0 Å². The number of piperidine rings is 1. The number of nitrogens with zero attached hydrogens (tertiary/aromatic N) is 1. The van der Waals surface area contributed by atoms with Gasteiger partial charge in [-0.1, -0.05) is 12.2 Å². The number of hydrogen-bond donors (Lipinski definition) is 1. The van der Waals surface area contributed by atoms with Crippen LogP contribution in [-0.2, 0) is 0 Å². The highest BCUT2D eigenvalue weighted by Gasteiger charge is 2.40. The van der Waals surface area contributed by atoms with E-state index in [-0.39, 0.29) is 5.60 Å². The van der Waals surface area contributed by atoms with E-state index in [0.29, 0.717) is 5.92 Å². The molecule has 1 saturated heterocycles. The molecular formula is C10H17NO. The van der Waals surface area contributed by atoms with Gasteiger partial charge in [-0.2, -0.15) is 0 Å². The molecule has 2 aliphatic rings. The quantitative estimate of drug-likeness (QED) is 0.544. The van der Waals surface area contributed by atoms with Crippen LogP contribution in [0.1, 0.15) is 19.3 Å². The van der Waals surface area contributed by atoms with Crippen LogP contribution >= 0.6 is 0 Å². The molecule has 0 aromatic carbocycles. The van der Waals surface area contributed by atoms with Gasteiger partial charge in [0.15, 0.2) is 0 Å². The predicted molar refractivity (Wildman–Crippen MR) is 48.9 cm³/mol. The van der Waals surface area contributed by atoms with Crippen molar-refractivity contribution in [2.45, 2.75) is 24.9 Å². The van der Waals surface area contributed by atoms with Crippen molar-refractivity contribution in [3.8, 4) is 0 Å². The zero-order chi connectivity index (χ0) is 8.60. The van der Waals surface area contributed by atoms with E-state index >= 15 is 0 Å². The summed E-state index contributed by atoms with van der Waals surface area (Å²) < 4.78 is 0. The van der Waals surface area contributed by atoms with Crippen molar-refractivity contribution in [2.75, 3.05) is 20.1 Å². The number of rotatable bonds is 0. The maximum absolute atomic E-state index is 10.2. The van der Waals surface area contributed by atoms with E-state index in [0.717, 1.165) is 32.4 Å². The summed E-state index contributed by atoms with van der Waals surface area (Å²) in [5.41, 5.74) is -0.374. The van der Waals surface area contributed by atoms with E-state index in [9.17, 15) is 5.11 Å². The van der Waals surface area contributed by atoms with Crippen molar-refractivity contribution in [1.82, 2.24) is 4.90 Å². The van der Waals surface area contributed by atoms with Gasteiger partial charge in [-0.05, 0) is 26.3 Å². The van der Waals surface area contributed by atoms with Crippen LogP contribution in [0.25, 0.3) is 0 Å². The molecule has 2 atom stereocenters. The van der Waals surface area contributed by atoms with Crippen molar-refractivity contribution < 1.29 is 5.11 Å². The van der Waals surface area contributed by atoms with Crippen LogP contribution in [0.2, 0.25) is 0 Å². The SMILES string of the molecule is CN1CCC2(O)CC=CCC2C1. The maximum Gasteiger partial charge on any atom is 0.0737 e. The Morgan fingerprint density at radius 1 is 1.50 bits per heavy atom. The summed E-state index contributed by atoms with van der Waals surface area (Å²) in [6.07, 6.45) is 7.20. The largest absolute Gasteiger partial charge is 0.389 e. The first-order valence-electron chi connectivity index (χ1n) is 4.77. The van der Waals surface area contributed by atoms with E-state index in [4.69, 9.17) is 0 Å². The molecule has 0 amide bonds. The second-order valence-corrected chi connectivity index (χ2v) is 4.22. The predicted octanol–water partition coefficient (Wildman–Crippen LogP) is 1.02. The summed E-state index contributed by atoms with van der Waals surface area (Å²) in [4.78, 5) is 2.32. The number of aliphatic hydroxyl groups is 1. The summed E-state index contributed by atoms with van der Waals surface area (Å²) in [6.45, 7) is 2.10. The van der Waals surface area contributed by atoms with Gasteiger partial charge in [0.2, 0.25) is 0 Å². The molecule has 0 aromatic rings. The molecule has 1 fully saturated rings. The van der Waals surface area contributed by atoms with Crippen LogP contribution in [0.3, 0.4) is 0 Å². The molecule has 0 spiro atoms. The third-order valence-corrected chi connectivity index (χ3v) is 3.28. The summed E-state index contributed by atoms with van der Waals surface area (Å²) >= 11 is 0. The van der Waals surface area contributed by atoms with Crippen LogP contribution in [0, 0.1) is 5.92 Å². The van der Waals surface area contributed by atoms with Gasteiger partial charge in [-0.3, -0.25) is 0 Å². The first-order valence-corrected chi connectivity index (χ1v) is 4.77. The van der Waals surface area contributed by atoms with Crippen LogP contribution in [0.4, 0.5) is 0 Å². The number of fused-ring (bicyclic) bond motifs is 1. The Kier molecular flexibility index (Phi) is 1.97. The van der Waals surface area contributed by atoms with Gasteiger partial charge in [0, 0.05) is 19.0 Å². The van der Waals surface area contributed by atoms with Crippen LogP contribution < -0.4 is 0 Å². The van der Waals surface area contributed by atoms with Crippen molar-refractivity contribution in [2.24, 2.45) is 5.92 Å². The first-order chi connectivity index (χ1) is 5.71. The normalized spacial score (nSPS) is 42.7. The molecule has 0 saturated carbocycles. The smallest absolute Gasteiger partial charge is 0.0737 e. The number of allylic oxidation sites excluding steroid dienone is 1. The Hall–Kier alpha value is -0.340. The summed E-state index contributed by atoms with van der Waals surface area (Å²) in [5, 5.41) is 10.2. The van der Waals surface area contributed by atoms with E-state index in [1.807, 2.05) is 0 Å². The minimum absolute atomic E-state index is 0.374. The molecule has 2 heteroatoms. The fraction of sp³-hybridized carbons (Fsp3) is 0.800. The van der Waals surface area contributed by atoms with E-state index in [1.54, 1.807) is 0 Å². The Bertz CT molecular complexity index is 202. The minimum Gasteiger partial charge on any atom is -0.389 e. The topological polar surface area (TPSA) is 23.5 Å². The fourth-order valence-electron chi connectivity index (χ4n) is 2.34. The molecule has 1 aliphatic heterocycles. The second kappa shape index (κ2) is 2.86. The highest BCUT2D eigenvalue weighted by atomic mass is 16.3. The molecule has 2 nitrogen and oxygen atoms in total. The lowest BCUT2D eigenvalue weighted by Crippen LogP contribution is -2.51. The van der Waals surface area contributed by atoms with Crippen LogP contribution in [-0.4, -0.2) is 35.7 Å². The highest BCUT2D eigenvalue weighted by molar-refractivity contribution is 5.05. The molecule has 1 N–H and O–H groups in total. The van der Waals surface area contributed by atoms with E-state index in [2.05, 4.69) is 24.1 Å². The minimum atomic E-state index is -0.374. The van der Waals surface area contributed by atoms with Gasteiger partial charge in [0.1, 0.15) is 0 Å². The molecule has 1 aliphatic carbocycles.